The average Bonchev–Trinajstić information content (AvgIpc) is 2.73. The molecule has 7 heteroatoms. The molecule has 0 radical (unpaired) electrons. The van der Waals surface area contributed by atoms with E-state index in [2.05, 4.69) is 15.1 Å². The molecule has 0 fully saturated rings. The standard InChI is InChI=1S/C20H23N3O4.C2H6/c1-7-15(20(24)25-5)16-10-8-9-11-17(16)27-19-12(2)18(13(3)23-26-6)21-14(4)22-19;1-2/h7-11H,1-6H3;1-2H3/b15-7-,23-13-;. The maximum atomic E-state index is 12.1. The molecule has 29 heavy (non-hydrogen) atoms. The fourth-order valence-electron chi connectivity index (χ4n) is 2.61. The van der Waals surface area contributed by atoms with E-state index < -0.39 is 5.97 Å². The third-order valence-electron chi connectivity index (χ3n) is 3.86. The molecule has 156 valence electrons. The first-order chi connectivity index (χ1) is 13.9. The first kappa shape index (κ1) is 23.8. The minimum absolute atomic E-state index is 0.385. The molecule has 0 unspecified atom stereocenters. The van der Waals surface area contributed by atoms with Crippen LogP contribution >= 0.6 is 0 Å². The van der Waals surface area contributed by atoms with E-state index in [1.807, 2.05) is 32.9 Å². The van der Waals surface area contributed by atoms with Crippen molar-refractivity contribution in [3.63, 3.8) is 0 Å². The highest BCUT2D eigenvalue weighted by Gasteiger charge is 2.19. The Morgan fingerprint density at radius 3 is 2.34 bits per heavy atom. The van der Waals surface area contributed by atoms with Crippen LogP contribution in [0, 0.1) is 13.8 Å². The van der Waals surface area contributed by atoms with E-state index >= 15 is 0 Å². The van der Waals surface area contributed by atoms with E-state index in [1.165, 1.54) is 14.2 Å². The van der Waals surface area contributed by atoms with Crippen LogP contribution in [0.15, 0.2) is 35.5 Å². The summed E-state index contributed by atoms with van der Waals surface area (Å²) in [4.78, 5) is 25.7. The summed E-state index contributed by atoms with van der Waals surface area (Å²) in [6.07, 6.45) is 1.69. The molecule has 2 rings (SSSR count). The van der Waals surface area contributed by atoms with Crippen molar-refractivity contribution in [2.24, 2.45) is 5.16 Å². The van der Waals surface area contributed by atoms with Crippen molar-refractivity contribution in [3.8, 4) is 11.6 Å². The number of hydrogen-bond acceptors (Lipinski definition) is 7. The summed E-state index contributed by atoms with van der Waals surface area (Å²) >= 11 is 0. The first-order valence-corrected chi connectivity index (χ1v) is 9.38. The quantitative estimate of drug-likeness (QED) is 0.299. The largest absolute Gasteiger partial charge is 0.465 e. The number of rotatable bonds is 6. The van der Waals surface area contributed by atoms with Crippen LogP contribution in [-0.4, -0.2) is 35.9 Å². The number of allylic oxidation sites excluding steroid dienone is 1. The molecule has 2 aromatic rings. The minimum Gasteiger partial charge on any atom is -0.465 e. The topological polar surface area (TPSA) is 82.9 Å². The zero-order chi connectivity index (χ0) is 22.0. The molecule has 0 aliphatic heterocycles. The van der Waals surface area contributed by atoms with Gasteiger partial charge in [0.15, 0.2) is 0 Å². The summed E-state index contributed by atoms with van der Waals surface area (Å²) < 4.78 is 10.9. The highest BCUT2D eigenvalue weighted by Crippen LogP contribution is 2.32. The highest BCUT2D eigenvalue weighted by molar-refractivity contribution is 6.17. The summed E-state index contributed by atoms with van der Waals surface area (Å²) in [6.45, 7) is 11.2. The van der Waals surface area contributed by atoms with E-state index in [9.17, 15) is 4.79 Å². The van der Waals surface area contributed by atoms with Crippen LogP contribution in [0.5, 0.6) is 11.6 Å². The van der Waals surface area contributed by atoms with Gasteiger partial charge in [0.1, 0.15) is 24.4 Å². The summed E-state index contributed by atoms with van der Waals surface area (Å²) in [5, 5.41) is 3.94. The number of oxime groups is 1. The lowest BCUT2D eigenvalue weighted by Gasteiger charge is -2.15. The van der Waals surface area contributed by atoms with Crippen LogP contribution < -0.4 is 4.74 Å². The molecule has 0 saturated heterocycles. The van der Waals surface area contributed by atoms with Crippen molar-refractivity contribution in [3.05, 3.63) is 53.0 Å². The smallest absolute Gasteiger partial charge is 0.338 e. The van der Waals surface area contributed by atoms with Crippen molar-refractivity contribution >= 4 is 17.3 Å². The van der Waals surface area contributed by atoms with E-state index in [1.54, 1.807) is 39.0 Å². The van der Waals surface area contributed by atoms with E-state index in [4.69, 9.17) is 14.3 Å². The van der Waals surface area contributed by atoms with Gasteiger partial charge in [-0.15, -0.1) is 0 Å². The summed E-state index contributed by atoms with van der Waals surface area (Å²) in [7, 11) is 2.82. The van der Waals surface area contributed by atoms with Gasteiger partial charge in [-0.25, -0.2) is 9.78 Å². The number of para-hydroxylation sites is 1. The lowest BCUT2D eigenvalue weighted by atomic mass is 10.0. The normalized spacial score (nSPS) is 11.3. The van der Waals surface area contributed by atoms with Crippen molar-refractivity contribution in [2.45, 2.75) is 41.5 Å². The molecular weight excluding hydrogens is 370 g/mol. The van der Waals surface area contributed by atoms with Gasteiger partial charge in [-0.2, -0.15) is 4.98 Å². The number of aromatic nitrogens is 2. The van der Waals surface area contributed by atoms with Gasteiger partial charge >= 0.3 is 5.97 Å². The third kappa shape index (κ3) is 5.88. The Bertz CT molecular complexity index is 905. The van der Waals surface area contributed by atoms with Gasteiger partial charge in [-0.05, 0) is 33.8 Å². The van der Waals surface area contributed by atoms with Gasteiger partial charge in [0.25, 0.3) is 0 Å². The van der Waals surface area contributed by atoms with Crippen molar-refractivity contribution in [1.29, 1.82) is 0 Å². The summed E-state index contributed by atoms with van der Waals surface area (Å²) in [5.41, 5.74) is 2.99. The van der Waals surface area contributed by atoms with Crippen LogP contribution in [0.25, 0.3) is 5.57 Å². The van der Waals surface area contributed by atoms with Gasteiger partial charge in [-0.3, -0.25) is 0 Å². The van der Waals surface area contributed by atoms with Gasteiger partial charge in [0, 0.05) is 11.1 Å². The molecule has 7 nitrogen and oxygen atoms in total. The fourth-order valence-corrected chi connectivity index (χ4v) is 2.61. The number of esters is 1. The molecule has 0 N–H and O–H groups in total. The molecular formula is C22H29N3O4. The van der Waals surface area contributed by atoms with Crippen molar-refractivity contribution in [1.82, 2.24) is 9.97 Å². The number of nitrogens with zero attached hydrogens (tertiary/aromatic N) is 3. The second kappa shape index (κ2) is 11.6. The second-order valence-corrected chi connectivity index (χ2v) is 5.70. The molecule has 1 aromatic heterocycles. The maximum absolute atomic E-state index is 12.1. The Kier molecular flexibility index (Phi) is 9.51. The number of methoxy groups -OCH3 is 1. The van der Waals surface area contributed by atoms with Crippen LogP contribution in [0.4, 0.5) is 0 Å². The van der Waals surface area contributed by atoms with Crippen molar-refractivity contribution < 1.29 is 19.1 Å². The second-order valence-electron chi connectivity index (χ2n) is 5.70. The fraction of sp³-hybridized carbons (Fsp3) is 0.364. The molecule has 0 spiro atoms. The Morgan fingerprint density at radius 1 is 1.10 bits per heavy atom. The first-order valence-electron chi connectivity index (χ1n) is 9.38. The summed E-state index contributed by atoms with van der Waals surface area (Å²) in [5.74, 6) is 0.973. The molecule has 0 atom stereocenters. The molecule has 1 aromatic carbocycles. The van der Waals surface area contributed by atoms with Gasteiger partial charge < -0.3 is 14.3 Å². The Labute approximate surface area is 172 Å². The van der Waals surface area contributed by atoms with E-state index in [0.717, 1.165) is 0 Å². The monoisotopic (exact) mass is 399 g/mol. The number of carbonyl (C=O) groups is 1. The minimum atomic E-state index is -0.437. The van der Waals surface area contributed by atoms with Crippen molar-refractivity contribution in [2.75, 3.05) is 14.2 Å². The lowest BCUT2D eigenvalue weighted by molar-refractivity contribution is -0.133. The highest BCUT2D eigenvalue weighted by atomic mass is 16.6. The SMILES string of the molecule is C/C=C(\C(=O)OC)c1ccccc1Oc1nc(C)nc(/C(C)=N\OC)c1C.CC. The molecule has 0 aliphatic rings. The zero-order valence-corrected chi connectivity index (χ0v) is 18.4. The maximum Gasteiger partial charge on any atom is 0.338 e. The molecule has 0 bridgehead atoms. The number of ether oxygens (including phenoxy) is 2. The Hall–Kier alpha value is -3.22. The third-order valence-corrected chi connectivity index (χ3v) is 3.86. The van der Waals surface area contributed by atoms with Gasteiger partial charge in [-0.1, -0.05) is 43.3 Å². The zero-order valence-electron chi connectivity index (χ0n) is 18.4. The number of carbonyl (C=O) groups excluding carboxylic acids is 1. The Morgan fingerprint density at radius 2 is 1.76 bits per heavy atom. The van der Waals surface area contributed by atoms with E-state index in [0.29, 0.717) is 45.6 Å². The molecule has 1 heterocycles. The molecule has 0 saturated carbocycles. The number of aryl methyl sites for hydroxylation is 1. The number of benzene rings is 1. The van der Waals surface area contributed by atoms with E-state index in [-0.39, 0.29) is 0 Å². The van der Waals surface area contributed by atoms with Gasteiger partial charge in [0.2, 0.25) is 5.88 Å². The molecule has 0 amide bonds. The Balaban J connectivity index is 0.00000204. The van der Waals surface area contributed by atoms with Crippen LogP contribution in [0.2, 0.25) is 0 Å². The molecule has 0 aliphatic carbocycles. The van der Waals surface area contributed by atoms with Crippen LogP contribution in [0.1, 0.15) is 50.3 Å². The summed E-state index contributed by atoms with van der Waals surface area (Å²) in [6, 6.07) is 7.22. The number of hydrogen-bond donors (Lipinski definition) is 0. The predicted molar refractivity (Wildman–Crippen MR) is 114 cm³/mol. The van der Waals surface area contributed by atoms with Gasteiger partial charge in [0.05, 0.1) is 18.4 Å². The van der Waals surface area contributed by atoms with Crippen LogP contribution in [-0.2, 0) is 14.4 Å². The predicted octanol–water partition coefficient (Wildman–Crippen LogP) is 4.86. The van der Waals surface area contributed by atoms with Crippen LogP contribution in [0.3, 0.4) is 0 Å². The lowest BCUT2D eigenvalue weighted by Crippen LogP contribution is -2.09. The average molecular weight is 399 g/mol.